The fraction of sp³-hybridized carbons (Fsp3) is 0.556. The van der Waals surface area contributed by atoms with E-state index in [-0.39, 0.29) is 24.5 Å². The number of hydrogen-bond acceptors (Lipinski definition) is 5. The van der Waals surface area contributed by atoms with E-state index in [2.05, 4.69) is 57.6 Å². The number of terminal acetylenes is 1. The summed E-state index contributed by atoms with van der Waals surface area (Å²) in [4.78, 5) is 28.8. The van der Waals surface area contributed by atoms with Gasteiger partial charge in [0.1, 0.15) is 5.78 Å². The number of likely N-dealkylation sites (tertiary alicyclic amines) is 1. The monoisotopic (exact) mass is 576 g/mol. The lowest BCUT2D eigenvalue weighted by Gasteiger charge is -2.25. The molecule has 5 rings (SSSR count). The minimum atomic E-state index is 0.119. The van der Waals surface area contributed by atoms with Crippen molar-refractivity contribution in [1.29, 1.82) is 0 Å². The number of carbonyl (C=O) groups is 2. The van der Waals surface area contributed by atoms with Crippen LogP contribution in [0.2, 0.25) is 0 Å². The van der Waals surface area contributed by atoms with Crippen LogP contribution in [0.5, 0.6) is 11.5 Å². The van der Waals surface area contributed by atoms with Crippen molar-refractivity contribution in [2.45, 2.75) is 104 Å². The number of rotatable bonds is 10. The molecule has 2 atom stereocenters. The molecule has 0 radical (unpaired) electrons. The topological polar surface area (TPSA) is 59.1 Å². The molecule has 3 aliphatic rings. The van der Waals surface area contributed by atoms with Crippen molar-refractivity contribution < 1.29 is 19.1 Å². The van der Waals surface area contributed by atoms with Crippen LogP contribution in [-0.4, -0.2) is 54.0 Å². The van der Waals surface area contributed by atoms with Crippen molar-refractivity contribution in [3.05, 3.63) is 59.2 Å². The van der Waals surface area contributed by atoms with Crippen LogP contribution < -0.4 is 9.47 Å². The highest BCUT2D eigenvalue weighted by molar-refractivity contribution is 5.98. The van der Waals surface area contributed by atoms with Crippen molar-refractivity contribution in [1.82, 2.24) is 9.80 Å². The summed E-state index contributed by atoms with van der Waals surface area (Å²) in [5.74, 6) is 2.23. The van der Waals surface area contributed by atoms with Gasteiger partial charge in [0, 0.05) is 31.2 Å². The average molecular weight is 577 g/mol. The molecule has 230 valence electrons. The van der Waals surface area contributed by atoms with Gasteiger partial charge in [-0.05, 0) is 55.0 Å². The molecule has 42 heavy (non-hydrogen) atoms. The maximum absolute atomic E-state index is 12.7. The standard InChI is InChI=1S/C24H26N2O4.2C5H12.C2H2/c1-16(27)12-26-14-19(17-6-7-22-23(11-17)30-15-29-22)10-20(26)8-9-25-13-18-4-2-3-5-21(18)24(25)28;2*1-3-5-4-2;1-2/h2-7,11,19-20H,8-10,12-15H2,1H3;2*3-5H2,1-2H3;1-2H. The van der Waals surface area contributed by atoms with Crippen molar-refractivity contribution in [2.24, 2.45) is 0 Å². The van der Waals surface area contributed by atoms with Crippen molar-refractivity contribution in [3.8, 4) is 24.3 Å². The van der Waals surface area contributed by atoms with E-state index in [0.29, 0.717) is 25.6 Å². The van der Waals surface area contributed by atoms with Crippen molar-refractivity contribution in [2.75, 3.05) is 26.4 Å². The number of amides is 1. The number of hydrogen-bond donors (Lipinski definition) is 0. The summed E-state index contributed by atoms with van der Waals surface area (Å²) in [6.07, 6.45) is 18.0. The van der Waals surface area contributed by atoms with E-state index in [1.54, 1.807) is 6.92 Å². The highest BCUT2D eigenvalue weighted by Gasteiger charge is 2.35. The Kier molecular flexibility index (Phi) is 15.8. The van der Waals surface area contributed by atoms with E-state index in [0.717, 1.165) is 42.0 Å². The molecule has 6 nitrogen and oxygen atoms in total. The first-order valence-electron chi connectivity index (χ1n) is 15.7. The minimum Gasteiger partial charge on any atom is -0.454 e. The Morgan fingerprint density at radius 2 is 1.57 bits per heavy atom. The second-order valence-electron chi connectivity index (χ2n) is 11.2. The number of ketones is 1. The molecule has 1 saturated heterocycles. The molecule has 1 amide bonds. The number of Topliss-reactive ketones (excluding diaryl/α,β-unsaturated/α-hetero) is 1. The largest absolute Gasteiger partial charge is 0.454 e. The molecule has 0 spiro atoms. The normalized spacial score (nSPS) is 18.2. The highest BCUT2D eigenvalue weighted by atomic mass is 16.7. The zero-order chi connectivity index (χ0) is 30.9. The Morgan fingerprint density at radius 3 is 2.17 bits per heavy atom. The van der Waals surface area contributed by atoms with Crippen LogP contribution in [0.4, 0.5) is 0 Å². The zero-order valence-electron chi connectivity index (χ0n) is 26.6. The molecular weight excluding hydrogens is 524 g/mol. The molecule has 1 fully saturated rings. The molecule has 3 heterocycles. The molecule has 3 aliphatic heterocycles. The molecule has 2 aromatic carbocycles. The van der Waals surface area contributed by atoms with Gasteiger partial charge in [0.15, 0.2) is 11.5 Å². The van der Waals surface area contributed by atoms with Crippen LogP contribution in [0, 0.1) is 12.8 Å². The van der Waals surface area contributed by atoms with Gasteiger partial charge in [-0.2, -0.15) is 0 Å². The number of benzene rings is 2. The smallest absolute Gasteiger partial charge is 0.254 e. The van der Waals surface area contributed by atoms with Crippen molar-refractivity contribution >= 4 is 11.7 Å². The van der Waals surface area contributed by atoms with Crippen LogP contribution in [0.15, 0.2) is 42.5 Å². The number of ether oxygens (including phenoxy) is 2. The highest BCUT2D eigenvalue weighted by Crippen LogP contribution is 2.39. The predicted octanol–water partition coefficient (Wildman–Crippen LogP) is 7.85. The third-order valence-corrected chi connectivity index (χ3v) is 7.86. The van der Waals surface area contributed by atoms with Gasteiger partial charge in [-0.25, -0.2) is 0 Å². The van der Waals surface area contributed by atoms with Gasteiger partial charge < -0.3 is 14.4 Å². The second-order valence-corrected chi connectivity index (χ2v) is 11.2. The molecule has 0 N–H and O–H groups in total. The summed E-state index contributed by atoms with van der Waals surface area (Å²) in [6.45, 7) is 13.5. The van der Waals surface area contributed by atoms with E-state index in [1.807, 2.05) is 35.2 Å². The minimum absolute atomic E-state index is 0.119. The maximum atomic E-state index is 12.7. The molecule has 6 heteroatoms. The van der Waals surface area contributed by atoms with E-state index < -0.39 is 0 Å². The lowest BCUT2D eigenvalue weighted by atomic mass is 9.95. The summed E-state index contributed by atoms with van der Waals surface area (Å²) in [5.41, 5.74) is 3.15. The SMILES string of the molecule is C#C.CC(=O)CN1CC(c2ccc3c(c2)OCO3)CC1CCN1Cc2ccccc2C1=O.CCCCC.CCCCC. The quantitative estimate of drug-likeness (QED) is 0.270. The van der Waals surface area contributed by atoms with E-state index in [4.69, 9.17) is 9.47 Å². The summed E-state index contributed by atoms with van der Waals surface area (Å²) >= 11 is 0. The lowest BCUT2D eigenvalue weighted by Crippen LogP contribution is -2.36. The Labute approximate surface area is 254 Å². The van der Waals surface area contributed by atoms with Gasteiger partial charge in [-0.3, -0.25) is 14.5 Å². The molecule has 2 unspecified atom stereocenters. The van der Waals surface area contributed by atoms with E-state index in [1.165, 1.54) is 44.1 Å². The lowest BCUT2D eigenvalue weighted by molar-refractivity contribution is -0.118. The Morgan fingerprint density at radius 1 is 0.929 bits per heavy atom. The van der Waals surface area contributed by atoms with Gasteiger partial charge >= 0.3 is 0 Å². The predicted molar refractivity (Wildman–Crippen MR) is 172 cm³/mol. The van der Waals surface area contributed by atoms with Gasteiger partial charge in [0.05, 0.1) is 6.54 Å². The van der Waals surface area contributed by atoms with Gasteiger partial charge in [0.25, 0.3) is 5.91 Å². The van der Waals surface area contributed by atoms with E-state index in [9.17, 15) is 9.59 Å². The molecule has 0 bridgehead atoms. The average Bonchev–Trinajstić information content (AvgIpc) is 3.71. The third kappa shape index (κ3) is 10.2. The second kappa shape index (κ2) is 19.0. The zero-order valence-corrected chi connectivity index (χ0v) is 26.6. The fourth-order valence-corrected chi connectivity index (χ4v) is 5.68. The number of nitrogens with zero attached hydrogens (tertiary/aromatic N) is 2. The molecule has 0 aliphatic carbocycles. The van der Waals surface area contributed by atoms with E-state index >= 15 is 0 Å². The molecular formula is C36H52N2O4. The number of unbranched alkanes of at least 4 members (excludes halogenated alkanes) is 4. The van der Waals surface area contributed by atoms with Crippen LogP contribution in [0.3, 0.4) is 0 Å². The first-order valence-corrected chi connectivity index (χ1v) is 15.7. The van der Waals surface area contributed by atoms with Gasteiger partial charge in [-0.15, -0.1) is 12.8 Å². The fourth-order valence-electron chi connectivity index (χ4n) is 5.68. The van der Waals surface area contributed by atoms with Gasteiger partial charge in [0.2, 0.25) is 6.79 Å². The first-order chi connectivity index (χ1) is 20.4. The number of carbonyl (C=O) groups excluding carboxylic acids is 2. The first kappa shape index (κ1) is 34.9. The van der Waals surface area contributed by atoms with Crippen LogP contribution in [0.1, 0.15) is 113 Å². The van der Waals surface area contributed by atoms with Crippen LogP contribution >= 0.6 is 0 Å². The Balaban J connectivity index is 0.000000441. The summed E-state index contributed by atoms with van der Waals surface area (Å²) in [5, 5.41) is 0. The Bertz CT molecular complexity index is 1120. The summed E-state index contributed by atoms with van der Waals surface area (Å²) in [7, 11) is 0. The maximum Gasteiger partial charge on any atom is 0.254 e. The third-order valence-electron chi connectivity index (χ3n) is 7.86. The van der Waals surface area contributed by atoms with Crippen LogP contribution in [-0.2, 0) is 11.3 Å². The van der Waals surface area contributed by atoms with Gasteiger partial charge in [-0.1, -0.05) is 90.5 Å². The Hall–Kier alpha value is -3.30. The van der Waals surface area contributed by atoms with Crippen molar-refractivity contribution in [3.63, 3.8) is 0 Å². The molecule has 2 aromatic rings. The number of fused-ring (bicyclic) bond motifs is 2. The molecule has 0 saturated carbocycles. The summed E-state index contributed by atoms with van der Waals surface area (Å²) < 4.78 is 11.0. The molecule has 0 aromatic heterocycles. The van der Waals surface area contributed by atoms with Crippen LogP contribution in [0.25, 0.3) is 0 Å². The summed E-state index contributed by atoms with van der Waals surface area (Å²) in [6, 6.07) is 14.3.